The van der Waals surface area contributed by atoms with E-state index in [0.29, 0.717) is 44.4 Å². The van der Waals surface area contributed by atoms with Gasteiger partial charge in [0.15, 0.2) is 11.4 Å². The Kier molecular flexibility index (Phi) is 5.48. The van der Waals surface area contributed by atoms with Gasteiger partial charge < -0.3 is 15.1 Å². The summed E-state index contributed by atoms with van der Waals surface area (Å²) in [6.45, 7) is 5.39. The molecule has 0 aliphatic rings. The third kappa shape index (κ3) is 4.15. The van der Waals surface area contributed by atoms with Gasteiger partial charge in [-0.05, 0) is 50.2 Å². The number of aromatic nitrogens is 3. The zero-order valence-electron chi connectivity index (χ0n) is 17.1. The molecule has 3 heterocycles. The van der Waals surface area contributed by atoms with Crippen LogP contribution in [0.3, 0.4) is 0 Å². The summed E-state index contributed by atoms with van der Waals surface area (Å²) in [4.78, 5) is 29.1. The number of carbonyl (C=O) groups is 2. The van der Waals surface area contributed by atoms with Crippen molar-refractivity contribution in [3.63, 3.8) is 0 Å². The number of amides is 2. The molecule has 4 rings (SSSR count). The number of halogens is 1. The molecule has 0 atom stereocenters. The normalized spacial score (nSPS) is 11.1. The minimum Gasteiger partial charge on any atom is -0.463 e. The number of benzene rings is 1. The van der Waals surface area contributed by atoms with Crippen molar-refractivity contribution in [2.45, 2.75) is 26.8 Å². The van der Waals surface area contributed by atoms with Crippen molar-refractivity contribution in [1.29, 1.82) is 0 Å². The Labute approximate surface area is 183 Å². The average molecular weight is 438 g/mol. The summed E-state index contributed by atoms with van der Waals surface area (Å²) in [5, 5.41) is 10.8. The molecule has 0 aliphatic heterocycles. The summed E-state index contributed by atoms with van der Waals surface area (Å²) in [6.07, 6.45) is 3.18. The number of fused-ring (bicyclic) bond motifs is 1. The Morgan fingerprint density at radius 1 is 1.16 bits per heavy atom. The lowest BCUT2D eigenvalue weighted by Gasteiger charge is -2.12. The van der Waals surface area contributed by atoms with Crippen LogP contribution in [0.5, 0.6) is 0 Å². The molecule has 0 radical (unpaired) electrons. The predicted octanol–water partition coefficient (Wildman–Crippen LogP) is 5.14. The summed E-state index contributed by atoms with van der Waals surface area (Å²) in [6, 6.07) is 10.1. The Balaban J connectivity index is 1.75. The van der Waals surface area contributed by atoms with Crippen LogP contribution >= 0.6 is 11.6 Å². The van der Waals surface area contributed by atoms with Gasteiger partial charge in [-0.2, -0.15) is 5.10 Å². The Hall–Kier alpha value is -3.65. The van der Waals surface area contributed by atoms with Gasteiger partial charge >= 0.3 is 0 Å². The van der Waals surface area contributed by atoms with Crippen molar-refractivity contribution in [2.24, 2.45) is 0 Å². The minimum atomic E-state index is -0.363. The van der Waals surface area contributed by atoms with Crippen molar-refractivity contribution < 1.29 is 14.0 Å². The predicted molar refractivity (Wildman–Crippen MR) is 119 cm³/mol. The van der Waals surface area contributed by atoms with E-state index in [0.717, 1.165) is 0 Å². The van der Waals surface area contributed by atoms with Gasteiger partial charge in [-0.3, -0.25) is 9.59 Å². The van der Waals surface area contributed by atoms with Crippen molar-refractivity contribution >= 4 is 45.8 Å². The third-order valence-electron chi connectivity index (χ3n) is 4.61. The van der Waals surface area contributed by atoms with Crippen LogP contribution in [0.1, 0.15) is 37.2 Å². The topological polar surface area (TPSA) is 102 Å². The number of hydrogen-bond donors (Lipinski definition) is 2. The summed E-state index contributed by atoms with van der Waals surface area (Å²) in [5.74, 6) is -0.0255. The third-order valence-corrected chi connectivity index (χ3v) is 4.92. The molecule has 1 aromatic carbocycles. The van der Waals surface area contributed by atoms with Crippen LogP contribution in [0.25, 0.3) is 22.5 Å². The molecular formula is C22H20ClN5O3. The van der Waals surface area contributed by atoms with Gasteiger partial charge in [0.25, 0.3) is 5.91 Å². The van der Waals surface area contributed by atoms with Gasteiger partial charge in [-0.25, -0.2) is 9.67 Å². The standard InChI is InChI=1S/C22H20ClN5O3/c1-12(2)28-21-16(11-24-28)15(10-19(26-21)20-5-4-8-31-20)22(30)27-18-7-6-14(9-17(18)23)25-13(3)29/h4-12H,1-3H3,(H,25,29)(H,27,30). The quantitative estimate of drug-likeness (QED) is 0.450. The number of furan rings is 1. The summed E-state index contributed by atoms with van der Waals surface area (Å²) in [7, 11) is 0. The van der Waals surface area contributed by atoms with Gasteiger partial charge in [0, 0.05) is 18.7 Å². The van der Waals surface area contributed by atoms with E-state index >= 15 is 0 Å². The van der Waals surface area contributed by atoms with E-state index in [9.17, 15) is 9.59 Å². The molecule has 0 saturated carbocycles. The highest BCUT2D eigenvalue weighted by Crippen LogP contribution is 2.29. The molecule has 4 aromatic rings. The molecule has 31 heavy (non-hydrogen) atoms. The van der Waals surface area contributed by atoms with Crippen molar-refractivity contribution in [3.05, 3.63) is 59.4 Å². The second-order valence-corrected chi connectivity index (χ2v) is 7.69. The first-order valence-electron chi connectivity index (χ1n) is 9.64. The first-order valence-corrected chi connectivity index (χ1v) is 10.0. The number of carbonyl (C=O) groups excluding carboxylic acids is 2. The number of hydrogen-bond acceptors (Lipinski definition) is 5. The Morgan fingerprint density at radius 2 is 1.97 bits per heavy atom. The van der Waals surface area contributed by atoms with E-state index in [1.807, 2.05) is 13.8 Å². The van der Waals surface area contributed by atoms with E-state index in [4.69, 9.17) is 16.0 Å². The summed E-state index contributed by atoms with van der Waals surface area (Å²) < 4.78 is 7.24. The molecule has 2 N–H and O–H groups in total. The smallest absolute Gasteiger partial charge is 0.256 e. The van der Waals surface area contributed by atoms with E-state index in [-0.39, 0.29) is 17.9 Å². The van der Waals surface area contributed by atoms with Crippen LogP contribution in [0, 0.1) is 0 Å². The highest BCUT2D eigenvalue weighted by Gasteiger charge is 2.20. The SMILES string of the molecule is CC(=O)Nc1ccc(NC(=O)c2cc(-c3ccco3)nc3c2cnn3C(C)C)c(Cl)c1. The molecule has 3 aromatic heterocycles. The van der Waals surface area contributed by atoms with Crippen LogP contribution in [-0.4, -0.2) is 26.6 Å². The van der Waals surface area contributed by atoms with Gasteiger partial charge in [-0.15, -0.1) is 0 Å². The first kappa shape index (κ1) is 20.6. The lowest BCUT2D eigenvalue weighted by atomic mass is 10.1. The molecule has 9 heteroatoms. The van der Waals surface area contributed by atoms with Crippen molar-refractivity contribution in [2.75, 3.05) is 10.6 Å². The molecule has 0 fully saturated rings. The molecule has 8 nitrogen and oxygen atoms in total. The second kappa shape index (κ2) is 8.23. The minimum absolute atomic E-state index is 0.0588. The molecule has 158 valence electrons. The second-order valence-electron chi connectivity index (χ2n) is 7.28. The lowest BCUT2D eigenvalue weighted by molar-refractivity contribution is -0.114. The zero-order chi connectivity index (χ0) is 22.1. The fourth-order valence-corrected chi connectivity index (χ4v) is 3.45. The van der Waals surface area contributed by atoms with Crippen LogP contribution < -0.4 is 10.6 Å². The number of nitrogens with zero attached hydrogens (tertiary/aromatic N) is 3. The lowest BCUT2D eigenvalue weighted by Crippen LogP contribution is -2.14. The zero-order valence-corrected chi connectivity index (χ0v) is 17.9. The van der Waals surface area contributed by atoms with E-state index in [1.165, 1.54) is 6.92 Å². The fraction of sp³-hybridized carbons (Fsp3) is 0.182. The monoisotopic (exact) mass is 437 g/mol. The van der Waals surface area contributed by atoms with Crippen molar-refractivity contribution in [1.82, 2.24) is 14.8 Å². The molecule has 0 saturated heterocycles. The Bertz CT molecular complexity index is 1280. The maximum absolute atomic E-state index is 13.2. The van der Waals surface area contributed by atoms with Crippen LogP contribution in [-0.2, 0) is 4.79 Å². The van der Waals surface area contributed by atoms with E-state index in [2.05, 4.69) is 20.7 Å². The highest BCUT2D eigenvalue weighted by molar-refractivity contribution is 6.34. The highest BCUT2D eigenvalue weighted by atomic mass is 35.5. The molecule has 0 aliphatic carbocycles. The first-order chi connectivity index (χ1) is 14.8. The van der Waals surface area contributed by atoms with Gasteiger partial charge in [-0.1, -0.05) is 11.6 Å². The molecular weight excluding hydrogens is 418 g/mol. The largest absolute Gasteiger partial charge is 0.463 e. The van der Waals surface area contributed by atoms with Crippen molar-refractivity contribution in [3.8, 4) is 11.5 Å². The maximum Gasteiger partial charge on any atom is 0.256 e. The molecule has 2 amide bonds. The van der Waals surface area contributed by atoms with Crippen LogP contribution in [0.4, 0.5) is 11.4 Å². The summed E-state index contributed by atoms with van der Waals surface area (Å²) in [5.41, 5.74) is 2.46. The van der Waals surface area contributed by atoms with Gasteiger partial charge in [0.2, 0.25) is 5.91 Å². The Morgan fingerprint density at radius 3 is 2.61 bits per heavy atom. The fourth-order valence-electron chi connectivity index (χ4n) is 3.22. The van der Waals surface area contributed by atoms with Crippen LogP contribution in [0.15, 0.2) is 53.3 Å². The van der Waals surface area contributed by atoms with E-state index in [1.54, 1.807) is 53.5 Å². The number of pyridine rings is 1. The van der Waals surface area contributed by atoms with E-state index < -0.39 is 0 Å². The van der Waals surface area contributed by atoms with Gasteiger partial charge in [0.1, 0.15) is 5.69 Å². The molecule has 0 spiro atoms. The summed E-state index contributed by atoms with van der Waals surface area (Å²) >= 11 is 6.31. The molecule has 0 unspecified atom stereocenters. The van der Waals surface area contributed by atoms with Crippen LogP contribution in [0.2, 0.25) is 5.02 Å². The molecule has 0 bridgehead atoms. The van der Waals surface area contributed by atoms with Gasteiger partial charge in [0.05, 0.1) is 34.1 Å². The average Bonchev–Trinajstić information content (AvgIpc) is 3.38. The number of anilines is 2. The number of nitrogens with one attached hydrogen (secondary N) is 2. The maximum atomic E-state index is 13.2. The number of rotatable bonds is 5.